The Balaban J connectivity index is 2.47. The zero-order chi connectivity index (χ0) is 15.4. The molecule has 2 aromatic rings. The maximum Gasteiger partial charge on any atom is 0.185 e. The minimum atomic E-state index is -1.29. The lowest BCUT2D eigenvalue weighted by atomic mass is 9.91. The number of carbonyl (C=O) groups is 1. The van der Waals surface area contributed by atoms with Gasteiger partial charge in [-0.25, -0.2) is 8.78 Å². The molecule has 0 N–H and O–H groups in total. The minimum absolute atomic E-state index is 0.111. The lowest BCUT2D eigenvalue weighted by molar-refractivity contribution is 0.0974. The average molecular weight is 303 g/mol. The minimum Gasteiger partial charge on any atom is -0.292 e. The lowest BCUT2D eigenvalue weighted by Crippen LogP contribution is -2.14. The molecule has 2 aromatic carbocycles. The van der Waals surface area contributed by atoms with Gasteiger partial charge in [-0.2, -0.15) is 5.26 Å². The Morgan fingerprint density at radius 3 is 2.57 bits per heavy atom. The van der Waals surface area contributed by atoms with E-state index in [1.165, 1.54) is 11.8 Å². The van der Waals surface area contributed by atoms with Gasteiger partial charge in [0.1, 0.15) is 17.6 Å². The van der Waals surface area contributed by atoms with Crippen LogP contribution in [0.3, 0.4) is 0 Å². The summed E-state index contributed by atoms with van der Waals surface area (Å²) in [6.07, 6.45) is 1.81. The predicted molar refractivity (Wildman–Crippen MR) is 77.3 cm³/mol. The van der Waals surface area contributed by atoms with Crippen molar-refractivity contribution in [2.45, 2.75) is 10.8 Å². The summed E-state index contributed by atoms with van der Waals surface area (Å²) < 4.78 is 26.7. The van der Waals surface area contributed by atoms with Crippen LogP contribution in [0.1, 0.15) is 21.8 Å². The second-order valence-electron chi connectivity index (χ2n) is 4.29. The third kappa shape index (κ3) is 3.11. The van der Waals surface area contributed by atoms with Gasteiger partial charge in [0.15, 0.2) is 5.78 Å². The first kappa shape index (κ1) is 15.2. The van der Waals surface area contributed by atoms with E-state index in [0.717, 1.165) is 12.1 Å². The summed E-state index contributed by atoms with van der Waals surface area (Å²) in [7, 11) is 0. The summed E-state index contributed by atoms with van der Waals surface area (Å²) in [6, 6.07) is 11.5. The van der Waals surface area contributed by atoms with Crippen molar-refractivity contribution in [2.24, 2.45) is 0 Å². The molecule has 0 saturated heterocycles. The highest BCUT2D eigenvalue weighted by atomic mass is 32.2. The van der Waals surface area contributed by atoms with E-state index in [9.17, 15) is 18.8 Å². The van der Waals surface area contributed by atoms with Gasteiger partial charge in [0.25, 0.3) is 0 Å². The van der Waals surface area contributed by atoms with E-state index in [1.54, 1.807) is 30.3 Å². The quantitative estimate of drug-likeness (QED) is 0.628. The first-order valence-corrected chi connectivity index (χ1v) is 7.32. The molecule has 1 unspecified atom stereocenters. The molecule has 0 aliphatic heterocycles. The maximum atomic E-state index is 13.8. The van der Waals surface area contributed by atoms with Crippen molar-refractivity contribution in [3.63, 3.8) is 0 Å². The molecule has 0 bridgehead atoms. The number of hydrogen-bond acceptors (Lipinski definition) is 3. The molecule has 21 heavy (non-hydrogen) atoms. The van der Waals surface area contributed by atoms with Crippen molar-refractivity contribution >= 4 is 17.5 Å². The van der Waals surface area contributed by atoms with Crippen molar-refractivity contribution in [3.05, 3.63) is 65.2 Å². The van der Waals surface area contributed by atoms with E-state index in [4.69, 9.17) is 0 Å². The molecule has 0 heterocycles. The number of benzene rings is 2. The number of carbonyl (C=O) groups excluding carboxylic acids is 1. The Bertz CT molecular complexity index is 724. The summed E-state index contributed by atoms with van der Waals surface area (Å²) >= 11 is 1.37. The second kappa shape index (κ2) is 6.51. The number of Topliss-reactive ketones (excluding diaryl/α,β-unsaturated/α-hetero) is 1. The van der Waals surface area contributed by atoms with Gasteiger partial charge in [0.2, 0.25) is 0 Å². The number of nitriles is 1. The lowest BCUT2D eigenvalue weighted by Gasteiger charge is -2.12. The number of nitrogens with zero attached hydrogens (tertiary/aromatic N) is 1. The number of hydrogen-bond donors (Lipinski definition) is 0. The number of ketones is 1. The van der Waals surface area contributed by atoms with Crippen LogP contribution in [0.15, 0.2) is 47.4 Å². The fourth-order valence-corrected chi connectivity index (χ4v) is 2.61. The van der Waals surface area contributed by atoms with Crippen molar-refractivity contribution in [2.75, 3.05) is 6.26 Å². The zero-order valence-corrected chi connectivity index (χ0v) is 12.0. The van der Waals surface area contributed by atoms with Crippen LogP contribution < -0.4 is 0 Å². The highest BCUT2D eigenvalue weighted by Gasteiger charge is 2.26. The van der Waals surface area contributed by atoms with Crippen LogP contribution >= 0.6 is 11.8 Å². The number of rotatable bonds is 4. The Morgan fingerprint density at radius 1 is 1.24 bits per heavy atom. The fourth-order valence-electron chi connectivity index (χ4n) is 2.01. The van der Waals surface area contributed by atoms with Crippen LogP contribution in [0.5, 0.6) is 0 Å². The van der Waals surface area contributed by atoms with Gasteiger partial charge in [-0.3, -0.25) is 4.79 Å². The van der Waals surface area contributed by atoms with Crippen molar-refractivity contribution < 1.29 is 13.6 Å². The van der Waals surface area contributed by atoms with E-state index in [-0.39, 0.29) is 5.56 Å². The van der Waals surface area contributed by atoms with Gasteiger partial charge in [0, 0.05) is 22.1 Å². The zero-order valence-electron chi connectivity index (χ0n) is 11.1. The fraction of sp³-hybridized carbons (Fsp3) is 0.125. The summed E-state index contributed by atoms with van der Waals surface area (Å²) in [4.78, 5) is 13.2. The Hall–Kier alpha value is -2.19. The van der Waals surface area contributed by atoms with Crippen LogP contribution in [-0.4, -0.2) is 12.0 Å². The molecule has 106 valence electrons. The van der Waals surface area contributed by atoms with Crippen molar-refractivity contribution in [1.82, 2.24) is 0 Å². The average Bonchev–Trinajstić information content (AvgIpc) is 2.49. The van der Waals surface area contributed by atoms with Gasteiger partial charge in [-0.05, 0) is 18.4 Å². The number of thioether (sulfide) groups is 1. The third-order valence-electron chi connectivity index (χ3n) is 3.04. The van der Waals surface area contributed by atoms with E-state index >= 15 is 0 Å². The van der Waals surface area contributed by atoms with E-state index in [2.05, 4.69) is 0 Å². The summed E-state index contributed by atoms with van der Waals surface area (Å²) in [5.74, 6) is -3.42. The first-order valence-electron chi connectivity index (χ1n) is 6.10. The molecule has 0 saturated carbocycles. The molecule has 1 atom stereocenters. The summed E-state index contributed by atoms with van der Waals surface area (Å²) in [5, 5.41) is 9.23. The molecule has 0 fully saturated rings. The summed E-state index contributed by atoms with van der Waals surface area (Å²) in [6.45, 7) is 0. The largest absolute Gasteiger partial charge is 0.292 e. The van der Waals surface area contributed by atoms with Crippen LogP contribution in [0.4, 0.5) is 8.78 Å². The van der Waals surface area contributed by atoms with Crippen molar-refractivity contribution in [1.29, 1.82) is 5.26 Å². The highest BCUT2D eigenvalue weighted by molar-refractivity contribution is 7.98. The molecule has 0 aliphatic rings. The van der Waals surface area contributed by atoms with Gasteiger partial charge in [0.05, 0.1) is 6.07 Å². The predicted octanol–water partition coefficient (Wildman–Crippen LogP) is 4.18. The molecule has 2 rings (SSSR count). The highest BCUT2D eigenvalue weighted by Crippen LogP contribution is 2.28. The third-order valence-corrected chi connectivity index (χ3v) is 3.83. The summed E-state index contributed by atoms with van der Waals surface area (Å²) in [5.41, 5.74) is 0.250. The molecule has 0 amide bonds. The smallest absolute Gasteiger partial charge is 0.185 e. The molecule has 0 radical (unpaired) electrons. The van der Waals surface area contributed by atoms with E-state index in [0.29, 0.717) is 16.5 Å². The van der Waals surface area contributed by atoms with Crippen LogP contribution in [-0.2, 0) is 0 Å². The second-order valence-corrected chi connectivity index (χ2v) is 5.14. The SMILES string of the molecule is CSc1ccccc1C(=O)C(C#N)c1ccc(F)cc1F. The molecule has 2 nitrogen and oxygen atoms in total. The normalized spacial score (nSPS) is 11.7. The topological polar surface area (TPSA) is 40.9 Å². The van der Waals surface area contributed by atoms with Gasteiger partial charge >= 0.3 is 0 Å². The van der Waals surface area contributed by atoms with Crippen LogP contribution in [0.2, 0.25) is 0 Å². The van der Waals surface area contributed by atoms with Crippen LogP contribution in [0, 0.1) is 23.0 Å². The van der Waals surface area contributed by atoms with E-state index < -0.39 is 23.3 Å². The molecular formula is C16H11F2NOS. The van der Waals surface area contributed by atoms with Gasteiger partial charge < -0.3 is 0 Å². The molecule has 0 spiro atoms. The monoisotopic (exact) mass is 303 g/mol. The van der Waals surface area contributed by atoms with Gasteiger partial charge in [-0.1, -0.05) is 24.3 Å². The molecular weight excluding hydrogens is 292 g/mol. The van der Waals surface area contributed by atoms with Crippen molar-refractivity contribution in [3.8, 4) is 6.07 Å². The Kier molecular flexibility index (Phi) is 4.71. The van der Waals surface area contributed by atoms with Crippen LogP contribution in [0.25, 0.3) is 0 Å². The molecule has 5 heteroatoms. The number of halogens is 2. The molecule has 0 aliphatic carbocycles. The molecule has 0 aromatic heterocycles. The van der Waals surface area contributed by atoms with E-state index in [1.807, 2.05) is 6.26 Å². The standard InChI is InChI=1S/C16H11F2NOS/c1-21-15-5-3-2-4-12(15)16(20)13(9-19)11-7-6-10(17)8-14(11)18/h2-8,13H,1H3. The Morgan fingerprint density at radius 2 is 1.95 bits per heavy atom. The van der Waals surface area contributed by atoms with Gasteiger partial charge in [-0.15, -0.1) is 11.8 Å². The Labute approximate surface area is 125 Å². The maximum absolute atomic E-state index is 13.8. The first-order chi connectivity index (χ1) is 10.1.